The molecule has 1 atom stereocenters. The van der Waals surface area contributed by atoms with E-state index < -0.39 is 28.8 Å². The van der Waals surface area contributed by atoms with Crippen molar-refractivity contribution in [3.8, 4) is 11.5 Å². The molecule has 2 aromatic carbocycles. The number of urea groups is 1. The lowest BCUT2D eigenvalue weighted by atomic mass is 10.1. The zero-order valence-electron chi connectivity index (χ0n) is 15.7. The van der Waals surface area contributed by atoms with Gasteiger partial charge in [0.05, 0.1) is 16.6 Å². The summed E-state index contributed by atoms with van der Waals surface area (Å²) in [6.45, 7) is 1.75. The molecule has 5 nitrogen and oxygen atoms in total. The van der Waals surface area contributed by atoms with Crippen LogP contribution in [-0.4, -0.2) is 11.0 Å². The van der Waals surface area contributed by atoms with E-state index >= 15 is 0 Å². The molecule has 0 spiro atoms. The molecule has 2 amide bonds. The van der Waals surface area contributed by atoms with Crippen molar-refractivity contribution in [2.75, 3.05) is 5.32 Å². The summed E-state index contributed by atoms with van der Waals surface area (Å²) < 4.78 is 44.5. The average Bonchev–Trinajstić information content (AvgIpc) is 2.70. The quantitative estimate of drug-likeness (QED) is 0.485. The van der Waals surface area contributed by atoms with E-state index in [1.807, 2.05) is 0 Å². The molecular formula is C21H17ClF3N3O2. The molecule has 0 radical (unpaired) electrons. The number of rotatable bonds is 5. The van der Waals surface area contributed by atoms with Crippen molar-refractivity contribution in [3.05, 3.63) is 83.1 Å². The number of nitrogens with zero attached hydrogens (tertiary/aromatic N) is 1. The molecule has 0 fully saturated rings. The molecule has 3 aromatic rings. The van der Waals surface area contributed by atoms with Gasteiger partial charge in [-0.3, -0.25) is 4.98 Å². The third-order valence-corrected chi connectivity index (χ3v) is 4.47. The lowest BCUT2D eigenvalue weighted by molar-refractivity contribution is -0.137. The molecule has 0 bridgehead atoms. The highest BCUT2D eigenvalue weighted by Crippen LogP contribution is 2.36. The van der Waals surface area contributed by atoms with Crippen LogP contribution in [0.15, 0.2) is 67.0 Å². The van der Waals surface area contributed by atoms with Crippen LogP contribution in [0.4, 0.5) is 23.7 Å². The molecule has 1 heterocycles. The monoisotopic (exact) mass is 435 g/mol. The fraction of sp³-hybridized carbons (Fsp3) is 0.143. The zero-order chi connectivity index (χ0) is 21.7. The molecule has 156 valence electrons. The van der Waals surface area contributed by atoms with Crippen LogP contribution in [0.25, 0.3) is 0 Å². The van der Waals surface area contributed by atoms with Gasteiger partial charge in [-0.25, -0.2) is 4.79 Å². The van der Waals surface area contributed by atoms with Gasteiger partial charge in [-0.15, -0.1) is 0 Å². The first kappa shape index (κ1) is 21.4. The van der Waals surface area contributed by atoms with Crippen LogP contribution in [0.2, 0.25) is 5.02 Å². The maximum absolute atomic E-state index is 12.9. The van der Waals surface area contributed by atoms with Crippen molar-refractivity contribution in [3.63, 3.8) is 0 Å². The van der Waals surface area contributed by atoms with E-state index in [-0.39, 0.29) is 5.69 Å². The van der Waals surface area contributed by atoms with Crippen molar-refractivity contribution in [2.24, 2.45) is 0 Å². The minimum Gasteiger partial charge on any atom is -0.457 e. The van der Waals surface area contributed by atoms with Gasteiger partial charge in [0, 0.05) is 18.1 Å². The molecule has 0 aliphatic carbocycles. The number of carbonyl (C=O) groups excluding carboxylic acids is 1. The normalized spacial score (nSPS) is 12.2. The van der Waals surface area contributed by atoms with E-state index in [1.54, 1.807) is 55.7 Å². The average molecular weight is 436 g/mol. The second kappa shape index (κ2) is 9.04. The largest absolute Gasteiger partial charge is 0.457 e. The van der Waals surface area contributed by atoms with E-state index in [4.69, 9.17) is 16.3 Å². The molecule has 0 aliphatic rings. The maximum atomic E-state index is 12.9. The summed E-state index contributed by atoms with van der Waals surface area (Å²) in [6.07, 6.45) is -1.38. The number of hydrogen-bond acceptors (Lipinski definition) is 3. The molecule has 0 saturated heterocycles. The van der Waals surface area contributed by atoms with Gasteiger partial charge in [0.25, 0.3) is 0 Å². The highest BCUT2D eigenvalue weighted by molar-refractivity contribution is 6.31. The Morgan fingerprint density at radius 3 is 2.30 bits per heavy atom. The van der Waals surface area contributed by atoms with Crippen LogP contribution >= 0.6 is 11.6 Å². The Morgan fingerprint density at radius 2 is 1.67 bits per heavy atom. The molecule has 0 saturated carbocycles. The summed E-state index contributed by atoms with van der Waals surface area (Å²) in [5.74, 6) is 1.26. The van der Waals surface area contributed by atoms with Gasteiger partial charge in [-0.1, -0.05) is 23.7 Å². The summed E-state index contributed by atoms with van der Waals surface area (Å²) in [6, 6.07) is 12.7. The van der Waals surface area contributed by atoms with Gasteiger partial charge in [0.15, 0.2) is 0 Å². The first-order valence-corrected chi connectivity index (χ1v) is 9.22. The number of nitrogens with one attached hydrogen (secondary N) is 2. The lowest BCUT2D eigenvalue weighted by Crippen LogP contribution is -2.31. The first-order chi connectivity index (χ1) is 14.2. The number of ether oxygens (including phenoxy) is 1. The third kappa shape index (κ3) is 5.64. The highest BCUT2D eigenvalue weighted by Gasteiger charge is 2.33. The molecule has 9 heteroatoms. The van der Waals surface area contributed by atoms with Crippen molar-refractivity contribution < 1.29 is 22.7 Å². The molecule has 1 aromatic heterocycles. The standard InChI is InChI=1S/C21H17ClF3N3O2/c1-13(14-2-5-16(6-3-14)30-17-8-10-26-11-9-17)27-20(29)28-15-4-7-19(22)18(12-15)21(23,24)25/h2-13H,1H3,(H2,27,28,29). The van der Waals surface area contributed by atoms with Crippen LogP contribution in [0.3, 0.4) is 0 Å². The summed E-state index contributed by atoms with van der Waals surface area (Å²) in [4.78, 5) is 16.1. The van der Waals surface area contributed by atoms with Gasteiger partial charge in [0.2, 0.25) is 0 Å². The predicted molar refractivity (Wildman–Crippen MR) is 108 cm³/mol. The Morgan fingerprint density at radius 1 is 1.03 bits per heavy atom. The number of anilines is 1. The fourth-order valence-corrected chi connectivity index (χ4v) is 2.86. The van der Waals surface area contributed by atoms with Crippen molar-refractivity contribution in [1.29, 1.82) is 0 Å². The number of pyridine rings is 1. The van der Waals surface area contributed by atoms with E-state index in [0.29, 0.717) is 11.5 Å². The summed E-state index contributed by atoms with van der Waals surface area (Å²) in [7, 11) is 0. The predicted octanol–water partition coefficient (Wildman–Crippen LogP) is 6.43. The smallest absolute Gasteiger partial charge is 0.417 e. The van der Waals surface area contributed by atoms with E-state index in [1.165, 1.54) is 6.07 Å². The molecular weight excluding hydrogens is 419 g/mol. The Balaban J connectivity index is 1.60. The Hall–Kier alpha value is -3.26. The van der Waals surface area contributed by atoms with Crippen molar-refractivity contribution >= 4 is 23.3 Å². The number of benzene rings is 2. The van der Waals surface area contributed by atoms with Gasteiger partial charge < -0.3 is 15.4 Å². The summed E-state index contributed by atoms with van der Waals surface area (Å²) in [5, 5.41) is 4.63. The van der Waals surface area contributed by atoms with E-state index in [9.17, 15) is 18.0 Å². The molecule has 3 rings (SSSR count). The lowest BCUT2D eigenvalue weighted by Gasteiger charge is -2.16. The number of carbonyl (C=O) groups is 1. The number of amides is 2. The van der Waals surface area contributed by atoms with Gasteiger partial charge >= 0.3 is 12.2 Å². The number of aromatic nitrogens is 1. The number of alkyl halides is 3. The SMILES string of the molecule is CC(NC(=O)Nc1ccc(Cl)c(C(F)(F)F)c1)c1ccc(Oc2ccncc2)cc1. The molecule has 1 unspecified atom stereocenters. The van der Waals surface area contributed by atoms with Gasteiger partial charge in [0.1, 0.15) is 11.5 Å². The minimum absolute atomic E-state index is 0.0162. The van der Waals surface area contributed by atoms with Gasteiger partial charge in [-0.2, -0.15) is 13.2 Å². The van der Waals surface area contributed by atoms with Gasteiger partial charge in [-0.05, 0) is 55.0 Å². The van der Waals surface area contributed by atoms with Crippen LogP contribution < -0.4 is 15.4 Å². The topological polar surface area (TPSA) is 63.2 Å². The van der Waals surface area contributed by atoms with Crippen molar-refractivity contribution in [2.45, 2.75) is 19.1 Å². The summed E-state index contributed by atoms with van der Waals surface area (Å²) >= 11 is 5.58. The Kier molecular flexibility index (Phi) is 6.47. The van der Waals surface area contributed by atoms with Crippen LogP contribution in [0.5, 0.6) is 11.5 Å². The minimum atomic E-state index is -4.61. The fourth-order valence-electron chi connectivity index (χ4n) is 2.63. The third-order valence-electron chi connectivity index (χ3n) is 4.14. The van der Waals surface area contributed by atoms with Crippen LogP contribution in [-0.2, 0) is 6.18 Å². The summed E-state index contributed by atoms with van der Waals surface area (Å²) in [5.41, 5.74) is -0.239. The number of halogens is 4. The molecule has 2 N–H and O–H groups in total. The first-order valence-electron chi connectivity index (χ1n) is 8.84. The molecule has 30 heavy (non-hydrogen) atoms. The molecule has 0 aliphatic heterocycles. The second-order valence-electron chi connectivity index (χ2n) is 6.37. The zero-order valence-corrected chi connectivity index (χ0v) is 16.5. The number of hydrogen-bond donors (Lipinski definition) is 2. The maximum Gasteiger partial charge on any atom is 0.417 e. The highest BCUT2D eigenvalue weighted by atomic mass is 35.5. The van der Waals surface area contributed by atoms with Crippen LogP contribution in [0.1, 0.15) is 24.1 Å². The van der Waals surface area contributed by atoms with Crippen molar-refractivity contribution in [1.82, 2.24) is 10.3 Å². The Bertz CT molecular complexity index is 1010. The Labute approximate surface area is 175 Å². The second-order valence-corrected chi connectivity index (χ2v) is 6.77. The van der Waals surface area contributed by atoms with E-state index in [2.05, 4.69) is 15.6 Å². The van der Waals surface area contributed by atoms with E-state index in [0.717, 1.165) is 17.7 Å². The van der Waals surface area contributed by atoms with Crippen LogP contribution in [0, 0.1) is 0 Å².